The normalized spacial score (nSPS) is 29.2. The van der Waals surface area contributed by atoms with Crippen molar-refractivity contribution in [1.82, 2.24) is 30.0 Å². The lowest BCUT2D eigenvalue weighted by Crippen LogP contribution is -2.60. The summed E-state index contributed by atoms with van der Waals surface area (Å²) in [6.45, 7) is 5.25. The number of allylic oxidation sites excluding steroid dienone is 1. The molecular weight excluding hydrogens is 805 g/mol. The average Bonchev–Trinajstić information content (AvgIpc) is 4.07. The van der Waals surface area contributed by atoms with Crippen molar-refractivity contribution >= 4 is 44.6 Å². The van der Waals surface area contributed by atoms with Crippen LogP contribution in [0.2, 0.25) is 0 Å². The van der Waals surface area contributed by atoms with Crippen LogP contribution in [-0.4, -0.2) is 100 Å². The van der Waals surface area contributed by atoms with Gasteiger partial charge in [0, 0.05) is 18.9 Å². The first kappa shape index (κ1) is 43.8. The van der Waals surface area contributed by atoms with Crippen molar-refractivity contribution in [3.8, 4) is 5.88 Å². The van der Waals surface area contributed by atoms with Gasteiger partial charge in [-0.25, -0.2) is 22.3 Å². The fourth-order valence-electron chi connectivity index (χ4n) is 7.86. The minimum absolute atomic E-state index is 0.00805. The second kappa shape index (κ2) is 16.0. The molecule has 1 aromatic carbocycles. The zero-order chi connectivity index (χ0) is 43.3. The van der Waals surface area contributed by atoms with E-state index in [4.69, 9.17) is 9.47 Å². The number of carbonyl (C=O) groups is 4. The van der Waals surface area contributed by atoms with Crippen LogP contribution >= 0.6 is 0 Å². The van der Waals surface area contributed by atoms with E-state index in [0.717, 1.165) is 4.90 Å². The molecule has 7 atom stereocenters. The van der Waals surface area contributed by atoms with E-state index in [1.807, 2.05) is 11.6 Å². The number of alkyl carbamates (subject to hydrolysis) is 1. The molecule has 20 heteroatoms. The molecule has 324 valence electrons. The summed E-state index contributed by atoms with van der Waals surface area (Å²) in [7, 11) is -4.48. The molecule has 1 aromatic heterocycles. The Kier molecular flexibility index (Phi) is 11.9. The number of alkyl halides is 4. The fourth-order valence-corrected chi connectivity index (χ4v) is 9.29. The number of nitrogens with one attached hydrogen (secondary N) is 3. The summed E-state index contributed by atoms with van der Waals surface area (Å²) >= 11 is 0. The van der Waals surface area contributed by atoms with Crippen molar-refractivity contribution in [1.29, 1.82) is 0 Å². The van der Waals surface area contributed by atoms with Crippen molar-refractivity contribution in [3.05, 3.63) is 46.8 Å². The fraction of sp³-hybridized carbons (Fsp3) is 0.641. The van der Waals surface area contributed by atoms with Gasteiger partial charge in [0.2, 0.25) is 33.3 Å². The van der Waals surface area contributed by atoms with Crippen LogP contribution in [0.4, 0.5) is 22.4 Å². The third kappa shape index (κ3) is 8.64. The van der Waals surface area contributed by atoms with Gasteiger partial charge in [0.1, 0.15) is 35.1 Å². The lowest BCUT2D eigenvalue weighted by Gasteiger charge is -2.34. The number of sulfonamides is 1. The molecule has 0 radical (unpaired) electrons. The van der Waals surface area contributed by atoms with Crippen LogP contribution in [0, 0.1) is 17.8 Å². The zero-order valence-corrected chi connectivity index (χ0v) is 34.3. The van der Waals surface area contributed by atoms with Gasteiger partial charge in [-0.05, 0) is 83.3 Å². The van der Waals surface area contributed by atoms with Gasteiger partial charge in [-0.1, -0.05) is 38.1 Å². The first-order valence-corrected chi connectivity index (χ1v) is 21.2. The molecule has 15 nitrogen and oxygen atoms in total. The van der Waals surface area contributed by atoms with E-state index >= 15 is 0 Å². The van der Waals surface area contributed by atoms with Gasteiger partial charge in [0.25, 0.3) is 11.5 Å². The Bertz CT molecular complexity index is 2190. The van der Waals surface area contributed by atoms with E-state index in [2.05, 4.69) is 15.7 Å². The number of ether oxygens (including phenoxy) is 2. The Balaban J connectivity index is 1.37. The number of fused-ring (bicyclic) bond motifs is 3. The van der Waals surface area contributed by atoms with Crippen molar-refractivity contribution in [2.75, 3.05) is 13.2 Å². The summed E-state index contributed by atoms with van der Waals surface area (Å²) in [6, 6.07) is 3.62. The van der Waals surface area contributed by atoms with Crippen LogP contribution in [0.1, 0.15) is 79.6 Å². The van der Waals surface area contributed by atoms with Crippen molar-refractivity contribution in [2.24, 2.45) is 17.8 Å². The minimum Gasteiger partial charge on any atom is -0.471 e. The van der Waals surface area contributed by atoms with Crippen LogP contribution < -0.4 is 25.7 Å². The van der Waals surface area contributed by atoms with E-state index < -0.39 is 92.6 Å². The predicted octanol–water partition coefficient (Wildman–Crippen LogP) is 4.04. The summed E-state index contributed by atoms with van der Waals surface area (Å²) in [5, 5.41) is 10.1. The van der Waals surface area contributed by atoms with Crippen LogP contribution in [-0.2, 0) is 35.7 Å². The highest BCUT2D eigenvalue weighted by molar-refractivity contribution is 7.91. The molecule has 1 saturated heterocycles. The van der Waals surface area contributed by atoms with E-state index in [-0.39, 0.29) is 56.1 Å². The van der Waals surface area contributed by atoms with E-state index in [1.54, 1.807) is 50.3 Å². The number of nitrogens with zero attached hydrogens (tertiary/aromatic N) is 3. The number of benzene rings is 1. The first-order valence-electron chi connectivity index (χ1n) is 19.7. The molecule has 3 heterocycles. The average molecular weight is 855 g/mol. The minimum atomic E-state index is -4.95. The monoisotopic (exact) mass is 854 g/mol. The standard InChI is InChI=1S/C39H50F4N6O9S/c1-6-49-32(51)27-14-10-9-13-26(27)31(46-49)57-25-18-28-30(50)45-38(34(53)47-59(55,56)37(21-40)15-16-37)19-24(38)12-8-7-11-22(2)17-23(3)29(33(52)48(28)20-25)44-35(54)58-36(4,5)39(41,42)43/h8-10,12-14,22-25,28-29H,6-7,11,15-21H2,1-5H3,(H,44,54)(H,45,50)(H,47,53)/b12-8-/t22-,23+,24+,25+,28-,29-,38+/m0/s1. The molecule has 59 heavy (non-hydrogen) atoms. The molecule has 0 bridgehead atoms. The molecule has 2 aliphatic heterocycles. The molecule has 3 N–H and O–H groups in total. The van der Waals surface area contributed by atoms with Gasteiger partial charge < -0.3 is 25.0 Å². The molecule has 4 aliphatic rings. The maximum Gasteiger partial charge on any atom is 0.427 e. The molecule has 4 amide bonds. The highest BCUT2D eigenvalue weighted by atomic mass is 32.2. The first-order chi connectivity index (χ1) is 27.6. The van der Waals surface area contributed by atoms with Crippen LogP contribution in [0.3, 0.4) is 0 Å². The number of rotatable bonds is 9. The summed E-state index contributed by atoms with van der Waals surface area (Å²) < 4.78 is 94.0. The maximum atomic E-state index is 14.8. The van der Waals surface area contributed by atoms with Crippen LogP contribution in [0.15, 0.2) is 41.2 Å². The molecular formula is C39H50F4N6O9S. The smallest absolute Gasteiger partial charge is 0.427 e. The second-order valence-electron chi connectivity index (χ2n) is 16.8. The van der Waals surface area contributed by atoms with E-state index in [9.17, 15) is 50.0 Å². The molecule has 6 rings (SSSR count). The third-order valence-corrected chi connectivity index (χ3v) is 14.1. The number of aryl methyl sites for hydroxylation is 1. The summed E-state index contributed by atoms with van der Waals surface area (Å²) in [6.07, 6.45) is -2.79. The highest BCUT2D eigenvalue weighted by Crippen LogP contribution is 2.48. The number of aromatic nitrogens is 2. The SMILES string of the molecule is CCn1nc(O[C@@H]2C[C@H]3C(=O)N[C@]4(C(=O)NS(=O)(=O)C5(CF)CC5)C[C@H]4/C=C\CC[C@H](C)C[C@@H](C)[C@H](NC(=O)OC(C)(C)C(F)(F)F)C(=O)N3C2)c2ccccc2c1=O. The Morgan fingerprint density at radius 3 is 2.37 bits per heavy atom. The molecule has 2 aromatic rings. The Labute approximate surface area is 338 Å². The Morgan fingerprint density at radius 1 is 1.07 bits per heavy atom. The lowest BCUT2D eigenvalue weighted by molar-refractivity contribution is -0.244. The van der Waals surface area contributed by atoms with Crippen molar-refractivity contribution in [3.63, 3.8) is 0 Å². The summed E-state index contributed by atoms with van der Waals surface area (Å²) in [5.41, 5.74) is -5.09. The number of carbonyl (C=O) groups excluding carboxylic acids is 4. The Morgan fingerprint density at radius 2 is 1.75 bits per heavy atom. The van der Waals surface area contributed by atoms with Gasteiger partial charge >= 0.3 is 12.3 Å². The zero-order valence-electron chi connectivity index (χ0n) is 33.4. The largest absolute Gasteiger partial charge is 0.471 e. The quantitative estimate of drug-likeness (QED) is 0.245. The summed E-state index contributed by atoms with van der Waals surface area (Å²) in [4.78, 5) is 70.4. The third-order valence-electron chi connectivity index (χ3n) is 12.0. The van der Waals surface area contributed by atoms with Gasteiger partial charge in [-0.15, -0.1) is 5.10 Å². The molecule has 2 aliphatic carbocycles. The number of amides is 4. The van der Waals surface area contributed by atoms with E-state index in [0.29, 0.717) is 43.9 Å². The lowest BCUT2D eigenvalue weighted by atomic mass is 9.88. The molecule has 3 fully saturated rings. The van der Waals surface area contributed by atoms with Crippen LogP contribution in [0.5, 0.6) is 5.88 Å². The Hall–Kier alpha value is -4.75. The molecule has 0 spiro atoms. The van der Waals surface area contributed by atoms with Gasteiger partial charge in [-0.3, -0.25) is 23.9 Å². The maximum absolute atomic E-state index is 14.8. The number of halogens is 4. The number of hydrogen-bond acceptors (Lipinski definition) is 10. The molecule has 2 saturated carbocycles. The van der Waals surface area contributed by atoms with E-state index in [1.165, 1.54) is 4.68 Å². The second-order valence-corrected chi connectivity index (χ2v) is 18.9. The van der Waals surface area contributed by atoms with Crippen molar-refractivity contribution in [2.45, 2.75) is 126 Å². The highest BCUT2D eigenvalue weighted by Gasteiger charge is 2.64. The van der Waals surface area contributed by atoms with Gasteiger partial charge in [0.05, 0.1) is 17.3 Å². The van der Waals surface area contributed by atoms with Crippen molar-refractivity contribution < 1.29 is 54.6 Å². The summed E-state index contributed by atoms with van der Waals surface area (Å²) in [5.74, 6) is -4.23. The van der Waals surface area contributed by atoms with Crippen LogP contribution in [0.25, 0.3) is 10.8 Å². The van der Waals surface area contributed by atoms with Gasteiger partial charge in [-0.2, -0.15) is 13.2 Å². The number of hydrogen-bond donors (Lipinski definition) is 3. The predicted molar refractivity (Wildman–Crippen MR) is 205 cm³/mol. The molecule has 0 unspecified atom stereocenters. The van der Waals surface area contributed by atoms with Gasteiger partial charge in [0.15, 0.2) is 0 Å². The topological polar surface area (TPSA) is 195 Å².